The maximum atomic E-state index is 11.6. The third-order valence-corrected chi connectivity index (χ3v) is 2.96. The van der Waals surface area contributed by atoms with Gasteiger partial charge in [-0.05, 0) is 17.7 Å². The Morgan fingerprint density at radius 1 is 0.950 bits per heavy atom. The molecule has 0 saturated heterocycles. The molecule has 0 aliphatic heterocycles. The summed E-state index contributed by atoms with van der Waals surface area (Å²) in [7, 11) is 0. The third-order valence-electron chi connectivity index (χ3n) is 2.96. The monoisotopic (exact) mass is 268 g/mol. The normalized spacial score (nSPS) is 10.6. The van der Waals surface area contributed by atoms with Crippen LogP contribution < -0.4 is 16.0 Å². The van der Waals surface area contributed by atoms with Crippen molar-refractivity contribution in [2.45, 2.75) is 6.61 Å². The van der Waals surface area contributed by atoms with Crippen LogP contribution in [-0.2, 0) is 6.61 Å². The van der Waals surface area contributed by atoms with E-state index in [9.17, 15) is 9.59 Å². The summed E-state index contributed by atoms with van der Waals surface area (Å²) in [6, 6.07) is 14.7. The number of ether oxygens (including phenoxy) is 1. The van der Waals surface area contributed by atoms with Crippen molar-refractivity contribution in [3.8, 4) is 5.75 Å². The zero-order valence-electron chi connectivity index (χ0n) is 10.6. The Hall–Kier alpha value is -2.82. The lowest BCUT2D eigenvalue weighted by molar-refractivity contribution is 0.306. The van der Waals surface area contributed by atoms with Crippen molar-refractivity contribution >= 4 is 10.9 Å². The van der Waals surface area contributed by atoms with Gasteiger partial charge in [-0.15, -0.1) is 0 Å². The summed E-state index contributed by atoms with van der Waals surface area (Å²) in [5.74, 6) is 0.600. The van der Waals surface area contributed by atoms with E-state index in [4.69, 9.17) is 4.74 Å². The molecule has 0 spiro atoms. The van der Waals surface area contributed by atoms with Crippen LogP contribution in [0.2, 0.25) is 0 Å². The molecule has 3 rings (SSSR count). The maximum absolute atomic E-state index is 11.6. The summed E-state index contributed by atoms with van der Waals surface area (Å²) >= 11 is 0. The van der Waals surface area contributed by atoms with Crippen LogP contribution >= 0.6 is 0 Å². The standard InChI is InChI=1S/C15H12N2O3/c18-14-12-7-6-11(8-13(12)16-15(19)17-14)20-9-10-4-2-1-3-5-10/h1-8H,9H2,(H2,16,17,18,19). The first-order valence-electron chi connectivity index (χ1n) is 6.15. The van der Waals surface area contributed by atoms with E-state index in [1.165, 1.54) is 0 Å². The zero-order valence-corrected chi connectivity index (χ0v) is 10.6. The Morgan fingerprint density at radius 2 is 1.75 bits per heavy atom. The molecule has 0 radical (unpaired) electrons. The number of benzene rings is 2. The van der Waals surface area contributed by atoms with Gasteiger partial charge >= 0.3 is 5.69 Å². The van der Waals surface area contributed by atoms with Crippen LogP contribution in [0.4, 0.5) is 0 Å². The lowest BCUT2D eigenvalue weighted by Gasteiger charge is -2.07. The van der Waals surface area contributed by atoms with Crippen molar-refractivity contribution in [3.05, 3.63) is 74.9 Å². The molecule has 5 heteroatoms. The third kappa shape index (κ3) is 2.47. The molecule has 0 aliphatic carbocycles. The first-order chi connectivity index (χ1) is 9.72. The van der Waals surface area contributed by atoms with Crippen LogP contribution in [0.3, 0.4) is 0 Å². The first-order valence-corrected chi connectivity index (χ1v) is 6.15. The number of H-pyrrole nitrogens is 2. The van der Waals surface area contributed by atoms with E-state index < -0.39 is 11.2 Å². The van der Waals surface area contributed by atoms with Crippen molar-refractivity contribution in [1.29, 1.82) is 0 Å². The minimum absolute atomic E-state index is 0.404. The molecule has 2 N–H and O–H groups in total. The second-order valence-corrected chi connectivity index (χ2v) is 4.39. The summed E-state index contributed by atoms with van der Waals surface area (Å²) in [4.78, 5) is 27.6. The van der Waals surface area contributed by atoms with Gasteiger partial charge in [-0.3, -0.25) is 9.78 Å². The van der Waals surface area contributed by atoms with Crippen LogP contribution in [0.15, 0.2) is 58.1 Å². The number of nitrogens with one attached hydrogen (secondary N) is 2. The van der Waals surface area contributed by atoms with Gasteiger partial charge in [0.2, 0.25) is 0 Å². The highest BCUT2D eigenvalue weighted by molar-refractivity contribution is 5.78. The van der Waals surface area contributed by atoms with E-state index in [-0.39, 0.29) is 0 Å². The fraction of sp³-hybridized carbons (Fsp3) is 0.0667. The number of hydrogen-bond acceptors (Lipinski definition) is 3. The molecule has 0 saturated carbocycles. The van der Waals surface area contributed by atoms with Gasteiger partial charge in [-0.25, -0.2) is 4.79 Å². The van der Waals surface area contributed by atoms with Crippen LogP contribution in [-0.4, -0.2) is 9.97 Å². The molecular weight excluding hydrogens is 256 g/mol. The highest BCUT2D eigenvalue weighted by Crippen LogP contribution is 2.17. The highest BCUT2D eigenvalue weighted by Gasteiger charge is 2.03. The van der Waals surface area contributed by atoms with Gasteiger partial charge in [-0.2, -0.15) is 0 Å². The molecular formula is C15H12N2O3. The number of rotatable bonds is 3. The Kier molecular flexibility index (Phi) is 3.09. The maximum Gasteiger partial charge on any atom is 0.326 e. The molecule has 0 amide bonds. The van der Waals surface area contributed by atoms with E-state index in [0.717, 1.165) is 5.56 Å². The number of hydrogen-bond donors (Lipinski definition) is 2. The topological polar surface area (TPSA) is 74.9 Å². The van der Waals surface area contributed by atoms with E-state index in [0.29, 0.717) is 23.3 Å². The van der Waals surface area contributed by atoms with E-state index in [1.807, 2.05) is 30.3 Å². The number of aromatic nitrogens is 2. The minimum atomic E-state index is -0.525. The van der Waals surface area contributed by atoms with Crippen molar-refractivity contribution in [3.63, 3.8) is 0 Å². The van der Waals surface area contributed by atoms with Gasteiger partial charge in [0, 0.05) is 6.07 Å². The van der Waals surface area contributed by atoms with Gasteiger partial charge in [0.05, 0.1) is 10.9 Å². The zero-order chi connectivity index (χ0) is 13.9. The second-order valence-electron chi connectivity index (χ2n) is 4.39. The summed E-state index contributed by atoms with van der Waals surface area (Å²) in [5, 5.41) is 0.427. The molecule has 1 heterocycles. The fourth-order valence-electron chi connectivity index (χ4n) is 1.98. The van der Waals surface area contributed by atoms with E-state index in [2.05, 4.69) is 9.97 Å². The van der Waals surface area contributed by atoms with Crippen LogP contribution in [0.1, 0.15) is 5.56 Å². The van der Waals surface area contributed by atoms with E-state index >= 15 is 0 Å². The Balaban J connectivity index is 1.90. The number of aromatic amines is 2. The Morgan fingerprint density at radius 3 is 2.55 bits per heavy atom. The summed E-state index contributed by atoms with van der Waals surface area (Å²) < 4.78 is 5.65. The SMILES string of the molecule is O=c1[nH]c(=O)c2ccc(OCc3ccccc3)cc2[nH]1. The molecule has 0 bridgehead atoms. The molecule has 0 fully saturated rings. The van der Waals surface area contributed by atoms with Crippen molar-refractivity contribution < 1.29 is 4.74 Å². The average Bonchev–Trinajstić information content (AvgIpc) is 2.45. The van der Waals surface area contributed by atoms with Gasteiger partial charge in [0.15, 0.2) is 0 Å². The Labute approximate surface area is 113 Å². The van der Waals surface area contributed by atoms with Gasteiger partial charge in [0.1, 0.15) is 12.4 Å². The summed E-state index contributed by atoms with van der Waals surface area (Å²) in [6.45, 7) is 0.430. The van der Waals surface area contributed by atoms with Crippen LogP contribution in [0, 0.1) is 0 Å². The van der Waals surface area contributed by atoms with Crippen molar-refractivity contribution in [2.75, 3.05) is 0 Å². The molecule has 100 valence electrons. The molecule has 5 nitrogen and oxygen atoms in total. The molecule has 0 aliphatic rings. The predicted octanol–water partition coefficient (Wildman–Crippen LogP) is 1.80. The van der Waals surface area contributed by atoms with Crippen LogP contribution in [0.25, 0.3) is 10.9 Å². The van der Waals surface area contributed by atoms with Gasteiger partial charge in [0.25, 0.3) is 5.56 Å². The molecule has 0 unspecified atom stereocenters. The van der Waals surface area contributed by atoms with Gasteiger partial charge in [-0.1, -0.05) is 30.3 Å². The lowest BCUT2D eigenvalue weighted by Crippen LogP contribution is -2.21. The second kappa shape index (κ2) is 5.05. The smallest absolute Gasteiger partial charge is 0.326 e. The van der Waals surface area contributed by atoms with E-state index in [1.54, 1.807) is 18.2 Å². The largest absolute Gasteiger partial charge is 0.489 e. The molecule has 1 aromatic heterocycles. The first kappa shape index (κ1) is 12.2. The lowest BCUT2D eigenvalue weighted by atomic mass is 10.2. The number of fused-ring (bicyclic) bond motifs is 1. The minimum Gasteiger partial charge on any atom is -0.489 e. The van der Waals surface area contributed by atoms with Crippen LogP contribution in [0.5, 0.6) is 5.75 Å². The summed E-state index contributed by atoms with van der Waals surface area (Å²) in [5.41, 5.74) is 0.581. The quantitative estimate of drug-likeness (QED) is 0.760. The van der Waals surface area contributed by atoms with Crippen molar-refractivity contribution in [1.82, 2.24) is 9.97 Å². The van der Waals surface area contributed by atoms with Gasteiger partial charge < -0.3 is 9.72 Å². The average molecular weight is 268 g/mol. The predicted molar refractivity (Wildman–Crippen MR) is 76.0 cm³/mol. The highest BCUT2D eigenvalue weighted by atomic mass is 16.5. The van der Waals surface area contributed by atoms with Crippen molar-refractivity contribution in [2.24, 2.45) is 0 Å². The summed E-state index contributed by atoms with van der Waals surface area (Å²) in [6.07, 6.45) is 0. The Bertz CT molecular complexity index is 850. The fourth-order valence-corrected chi connectivity index (χ4v) is 1.98. The molecule has 20 heavy (non-hydrogen) atoms. The molecule has 0 atom stereocenters. The molecule has 3 aromatic rings. The molecule has 2 aromatic carbocycles.